The van der Waals surface area contributed by atoms with Crippen molar-refractivity contribution in [1.29, 1.82) is 0 Å². The smallest absolute Gasteiger partial charge is 0.548 e. The number of benzene rings is 2. The van der Waals surface area contributed by atoms with Gasteiger partial charge in [-0.2, -0.15) is 26.3 Å². The number of carbonyl (C=O) groups is 2. The van der Waals surface area contributed by atoms with E-state index >= 15 is 0 Å². The maximum absolute atomic E-state index is 13.2. The van der Waals surface area contributed by atoms with E-state index in [1.54, 1.807) is 9.80 Å². The molecular weight excluding hydrogens is 795 g/mol. The van der Waals surface area contributed by atoms with Crippen LogP contribution in [0.1, 0.15) is 24.0 Å². The van der Waals surface area contributed by atoms with Crippen molar-refractivity contribution in [3.63, 3.8) is 0 Å². The summed E-state index contributed by atoms with van der Waals surface area (Å²) in [5.41, 5.74) is -1.80. The largest absolute Gasteiger partial charge is 2.00 e. The average molecular weight is 831 g/mol. The van der Waals surface area contributed by atoms with Gasteiger partial charge >= 0.3 is 50.1 Å². The van der Waals surface area contributed by atoms with Gasteiger partial charge in [-0.3, -0.25) is 8.61 Å². The zero-order valence-electron chi connectivity index (χ0n) is 28.9. The number of halogens is 6. The number of sulfonamides is 2. The summed E-state index contributed by atoms with van der Waals surface area (Å²) < 4.78 is 138. The number of hydrogen-bond donors (Lipinski definition) is 0. The molecule has 2 aromatic carbocycles. The van der Waals surface area contributed by atoms with Crippen molar-refractivity contribution in [3.05, 3.63) is 47.5 Å². The van der Waals surface area contributed by atoms with Crippen LogP contribution < -0.4 is 28.6 Å². The molecular formula is C30H36CaF6N4O10S2. The number of ether oxygens (including phenoxy) is 2. The summed E-state index contributed by atoms with van der Waals surface area (Å²) >= 11 is 0. The van der Waals surface area contributed by atoms with Crippen LogP contribution in [0.3, 0.4) is 0 Å². The fourth-order valence-corrected chi connectivity index (χ4v) is 6.18. The zero-order valence-corrected chi connectivity index (χ0v) is 32.8. The molecule has 0 spiro atoms. The number of nitrogens with zero attached hydrogens (tertiary/aromatic N) is 4. The molecule has 0 aromatic heterocycles. The normalized spacial score (nSPS) is 17.8. The summed E-state index contributed by atoms with van der Waals surface area (Å²) in [6.07, 6.45) is -7.56. The molecule has 2 unspecified atom stereocenters. The van der Waals surface area contributed by atoms with Gasteiger partial charge in [0.15, 0.2) is 0 Å². The number of hydrogen-bond acceptors (Lipinski definition) is 12. The van der Waals surface area contributed by atoms with Gasteiger partial charge in [0.2, 0.25) is 20.0 Å². The van der Waals surface area contributed by atoms with Crippen molar-refractivity contribution in [3.8, 4) is 0 Å². The molecule has 0 bridgehead atoms. The Hall–Kier alpha value is -2.76. The van der Waals surface area contributed by atoms with Gasteiger partial charge < -0.3 is 39.1 Å². The summed E-state index contributed by atoms with van der Waals surface area (Å²) in [5, 5.41) is 20.9. The molecule has 2 atom stereocenters. The van der Waals surface area contributed by atoms with Gasteiger partial charge in [0, 0.05) is 51.6 Å². The molecule has 23 heteroatoms. The van der Waals surface area contributed by atoms with E-state index in [1.165, 1.54) is 26.2 Å². The molecule has 0 radical (unpaired) electrons. The van der Waals surface area contributed by atoms with E-state index in [2.05, 4.69) is 0 Å². The molecule has 2 aromatic rings. The number of alkyl halides is 6. The Morgan fingerprint density at radius 2 is 1.02 bits per heavy atom. The second kappa shape index (κ2) is 18.2. The minimum atomic E-state index is -4.65. The Bertz CT molecular complexity index is 1700. The summed E-state index contributed by atoms with van der Waals surface area (Å²) in [7, 11) is -5.13. The minimum Gasteiger partial charge on any atom is -0.548 e. The first-order chi connectivity index (χ1) is 23.8. The van der Waals surface area contributed by atoms with Crippen molar-refractivity contribution in [2.75, 3.05) is 84.4 Å². The van der Waals surface area contributed by atoms with Gasteiger partial charge in [-0.25, -0.2) is 16.8 Å². The van der Waals surface area contributed by atoms with Gasteiger partial charge in [-0.1, -0.05) is 0 Å². The molecule has 2 fully saturated rings. The van der Waals surface area contributed by atoms with Gasteiger partial charge in [-0.15, -0.1) is 0 Å². The third-order valence-corrected chi connectivity index (χ3v) is 10.5. The maximum Gasteiger partial charge on any atom is 2.00 e. The first-order valence-corrected chi connectivity index (χ1v) is 18.9. The van der Waals surface area contributed by atoms with Crippen molar-refractivity contribution < 1.29 is 72.5 Å². The van der Waals surface area contributed by atoms with Crippen LogP contribution in [0.5, 0.6) is 0 Å². The number of carboxylic acids is 2. The molecule has 0 N–H and O–H groups in total. The summed E-state index contributed by atoms with van der Waals surface area (Å²) in [4.78, 5) is 24.1. The zero-order chi connectivity index (χ0) is 39.4. The Labute approximate surface area is 332 Å². The molecule has 0 amide bonds. The topological polar surface area (TPSA) is 180 Å². The number of carbonyl (C=O) groups excluding carboxylic acids is 2. The van der Waals surface area contributed by atoms with Crippen molar-refractivity contribution in [2.45, 2.75) is 37.4 Å². The second-order valence-electron chi connectivity index (χ2n) is 12.0. The SMILES string of the molecule is CN(c1cc(N2CCC(OCC(=O)[O-])C2)cc(C(F)(F)F)c1)S(C)(=O)=O.CN(c1cc(N2CCC(OCC(=O)[O-])C2)cc(C(F)(F)F)c1)S(C)(=O)=O.[Ca+2]. The molecule has 292 valence electrons. The molecule has 0 aliphatic carbocycles. The summed E-state index contributed by atoms with van der Waals surface area (Å²) in [6.45, 7) is -0.109. The van der Waals surface area contributed by atoms with Crippen LogP contribution in [0, 0.1) is 0 Å². The quantitative estimate of drug-likeness (QED) is 0.214. The minimum absolute atomic E-state index is 0. The van der Waals surface area contributed by atoms with E-state index in [1.807, 2.05) is 0 Å². The molecule has 2 aliphatic heterocycles. The summed E-state index contributed by atoms with van der Waals surface area (Å²) in [6, 6.07) is 6.09. The first kappa shape index (κ1) is 46.4. The van der Waals surface area contributed by atoms with E-state index in [0.717, 1.165) is 45.4 Å². The second-order valence-corrected chi connectivity index (χ2v) is 16.0. The third kappa shape index (κ3) is 13.8. The van der Waals surface area contributed by atoms with Gasteiger partial charge in [-0.05, 0) is 49.2 Å². The molecule has 2 heterocycles. The molecule has 53 heavy (non-hydrogen) atoms. The van der Waals surface area contributed by atoms with Crippen LogP contribution in [0.25, 0.3) is 0 Å². The Morgan fingerprint density at radius 1 is 0.698 bits per heavy atom. The van der Waals surface area contributed by atoms with E-state index < -0.39 is 80.9 Å². The van der Waals surface area contributed by atoms with Gasteiger partial charge in [0.05, 0.1) is 72.4 Å². The van der Waals surface area contributed by atoms with Gasteiger partial charge in [0.25, 0.3) is 0 Å². The van der Waals surface area contributed by atoms with E-state index in [0.29, 0.717) is 25.9 Å². The van der Waals surface area contributed by atoms with E-state index in [9.17, 15) is 63.0 Å². The van der Waals surface area contributed by atoms with Gasteiger partial charge in [0.1, 0.15) is 0 Å². The van der Waals surface area contributed by atoms with Crippen LogP contribution in [0.2, 0.25) is 0 Å². The Morgan fingerprint density at radius 3 is 1.28 bits per heavy atom. The van der Waals surface area contributed by atoms with Crippen LogP contribution >= 0.6 is 0 Å². The molecule has 2 saturated heterocycles. The Balaban J connectivity index is 0.000000360. The maximum atomic E-state index is 13.2. The number of rotatable bonds is 12. The van der Waals surface area contributed by atoms with Crippen LogP contribution in [0.15, 0.2) is 36.4 Å². The van der Waals surface area contributed by atoms with E-state index in [4.69, 9.17) is 9.47 Å². The number of anilines is 4. The van der Waals surface area contributed by atoms with Crippen molar-refractivity contribution in [1.82, 2.24) is 0 Å². The monoisotopic (exact) mass is 830 g/mol. The molecule has 14 nitrogen and oxygen atoms in total. The molecule has 4 rings (SSSR count). The summed E-state index contributed by atoms with van der Waals surface area (Å²) in [5.74, 6) is -2.75. The van der Waals surface area contributed by atoms with Crippen LogP contribution in [-0.4, -0.2) is 145 Å². The predicted molar refractivity (Wildman–Crippen MR) is 178 cm³/mol. The fraction of sp³-hybridized carbons (Fsp3) is 0.533. The molecule has 0 saturated carbocycles. The van der Waals surface area contributed by atoms with Crippen molar-refractivity contribution >= 4 is 92.5 Å². The van der Waals surface area contributed by atoms with Crippen LogP contribution in [0.4, 0.5) is 49.1 Å². The Kier molecular flexibility index (Phi) is 16.0. The number of carboxylic acid groups (broad SMARTS) is 2. The van der Waals surface area contributed by atoms with E-state index in [-0.39, 0.29) is 73.6 Å². The average Bonchev–Trinajstić information content (AvgIpc) is 3.70. The molecule has 2 aliphatic rings. The van der Waals surface area contributed by atoms with Crippen molar-refractivity contribution in [2.24, 2.45) is 0 Å². The standard InChI is InChI=1S/2C15H19F3N2O5S.Ca/c2*1-19(26(2,23)24)11-5-10(15(16,17)18)6-12(7-11)20-4-3-13(8-20)25-9-14(21)22;/h2*5-7,13H,3-4,8-9H2,1-2H3,(H,21,22);/q;;+2/p-2. The fourth-order valence-electron chi connectivity index (χ4n) is 5.20. The predicted octanol–water partition coefficient (Wildman–Crippen LogP) is 0.512. The van der Waals surface area contributed by atoms with Crippen LogP contribution in [-0.2, 0) is 51.5 Å². The number of aliphatic carboxylic acids is 2. The first-order valence-electron chi connectivity index (χ1n) is 15.2. The third-order valence-electron chi connectivity index (χ3n) is 8.08.